The van der Waals surface area contributed by atoms with E-state index in [2.05, 4.69) is 23.7 Å². The summed E-state index contributed by atoms with van der Waals surface area (Å²) < 4.78 is 18.8. The number of hydrogen-bond acceptors (Lipinski definition) is 8. The van der Waals surface area contributed by atoms with Crippen molar-refractivity contribution in [3.63, 3.8) is 0 Å². The Balaban J connectivity index is 1.03. The first kappa shape index (κ1) is 39.1. The van der Waals surface area contributed by atoms with Crippen molar-refractivity contribution in [2.45, 2.75) is 89.4 Å². The first-order valence-electron chi connectivity index (χ1n) is 19.7. The molecule has 0 bridgehead atoms. The fourth-order valence-electron chi connectivity index (χ4n) is 8.10. The summed E-state index contributed by atoms with van der Waals surface area (Å²) in [6.45, 7) is 7.98. The van der Waals surface area contributed by atoms with E-state index in [4.69, 9.17) is 14.2 Å². The molecule has 3 fully saturated rings. The number of hydrogen-bond donors (Lipinski definition) is 2. The molecule has 0 aromatic heterocycles. The minimum atomic E-state index is -0.972. The highest BCUT2D eigenvalue weighted by Crippen LogP contribution is 2.42. The first-order valence-corrected chi connectivity index (χ1v) is 19.7. The lowest BCUT2D eigenvalue weighted by Crippen LogP contribution is -2.47. The first-order chi connectivity index (χ1) is 27.3. The molecule has 2 saturated heterocycles. The highest BCUT2D eigenvalue weighted by Gasteiger charge is 2.41. The van der Waals surface area contributed by atoms with E-state index in [0.717, 1.165) is 52.0 Å². The van der Waals surface area contributed by atoms with Crippen LogP contribution in [0, 0.1) is 5.92 Å². The Morgan fingerprint density at radius 1 is 0.893 bits per heavy atom. The quantitative estimate of drug-likeness (QED) is 0.0997. The van der Waals surface area contributed by atoms with E-state index >= 15 is 0 Å². The normalized spacial score (nSPS) is 22.8. The number of rotatable bonds is 14. The van der Waals surface area contributed by atoms with Crippen molar-refractivity contribution in [2.75, 3.05) is 13.1 Å². The molecule has 7 rings (SSSR count). The van der Waals surface area contributed by atoms with Gasteiger partial charge in [0, 0.05) is 30.6 Å². The lowest BCUT2D eigenvalue weighted by molar-refractivity contribution is -0.276. The number of likely N-dealkylation sites (tertiary alicyclic amines) is 1. The van der Waals surface area contributed by atoms with Crippen LogP contribution in [0.3, 0.4) is 0 Å². The third-order valence-corrected chi connectivity index (χ3v) is 11.3. The number of carbonyl (C=O) groups excluding carboxylic acids is 3. The van der Waals surface area contributed by atoms with Gasteiger partial charge in [0.15, 0.2) is 6.29 Å². The molecule has 5 atom stereocenters. The number of carbonyl (C=O) groups is 3. The van der Waals surface area contributed by atoms with Crippen LogP contribution in [0.5, 0.6) is 0 Å². The van der Waals surface area contributed by atoms with Gasteiger partial charge in [-0.1, -0.05) is 123 Å². The van der Waals surface area contributed by atoms with E-state index in [9.17, 15) is 19.5 Å². The van der Waals surface area contributed by atoms with E-state index in [1.165, 1.54) is 30.6 Å². The second kappa shape index (κ2) is 18.2. The maximum absolute atomic E-state index is 13.2. The van der Waals surface area contributed by atoms with E-state index in [0.29, 0.717) is 6.04 Å². The molecule has 3 amide bonds. The second-order valence-corrected chi connectivity index (χ2v) is 15.1. The molecule has 5 unspecified atom stereocenters. The van der Waals surface area contributed by atoms with Crippen molar-refractivity contribution in [3.8, 4) is 11.1 Å². The average molecular weight is 758 g/mol. The smallest absolute Gasteiger partial charge is 0.408 e. The Bertz CT molecular complexity index is 1960. The molecule has 56 heavy (non-hydrogen) atoms. The number of aliphatic hydroxyl groups excluding tert-OH is 1. The summed E-state index contributed by atoms with van der Waals surface area (Å²) in [6.07, 6.45) is 5.14. The highest BCUT2D eigenvalue weighted by molar-refractivity contribution is 6.06. The van der Waals surface area contributed by atoms with Crippen LogP contribution in [0.2, 0.25) is 0 Å². The summed E-state index contributed by atoms with van der Waals surface area (Å²) in [5, 5.41) is 12.2. The van der Waals surface area contributed by atoms with Gasteiger partial charge in [-0.15, -0.1) is 6.58 Å². The van der Waals surface area contributed by atoms with Gasteiger partial charge in [-0.25, -0.2) is 4.79 Å². The van der Waals surface area contributed by atoms with Crippen LogP contribution in [0.4, 0.5) is 4.79 Å². The highest BCUT2D eigenvalue weighted by atomic mass is 16.7. The summed E-state index contributed by atoms with van der Waals surface area (Å²) in [5.74, 6) is -0.729. The topological polar surface area (TPSA) is 118 Å². The molecule has 10 nitrogen and oxygen atoms in total. The fourth-order valence-corrected chi connectivity index (χ4v) is 8.10. The van der Waals surface area contributed by atoms with Crippen LogP contribution in [-0.2, 0) is 43.6 Å². The van der Waals surface area contributed by atoms with Crippen LogP contribution in [0.15, 0.2) is 116 Å². The Morgan fingerprint density at radius 3 is 2.32 bits per heavy atom. The van der Waals surface area contributed by atoms with Crippen molar-refractivity contribution < 1.29 is 33.7 Å². The Kier molecular flexibility index (Phi) is 12.7. The molecule has 0 spiro atoms. The standard InChI is InChI=1S/C46H51N3O7/c1-3-24-48(39-14-7-8-15-39)28-41-31(2)43(36-18-16-32(29-50)17-19-36)56-45(55-41)37-22-20-35(21-23-37)38-13-9-12-34(25-38)27-49-42(51)26-40(44(49)52)47-46(53)54-30-33-10-5-4-6-11-33/h3-6,9-13,16-23,25,31,39-41,43,45,50H,1,7-8,14-15,24,26-30H2,2H3,(H,47,53). The zero-order valence-electron chi connectivity index (χ0n) is 31.9. The Morgan fingerprint density at radius 2 is 1.61 bits per heavy atom. The molecule has 2 N–H and O–H groups in total. The van der Waals surface area contributed by atoms with Crippen molar-refractivity contribution in [3.05, 3.63) is 144 Å². The van der Waals surface area contributed by atoms with Gasteiger partial charge in [-0.3, -0.25) is 19.4 Å². The lowest BCUT2D eigenvalue weighted by Gasteiger charge is -2.43. The minimum absolute atomic E-state index is 0.0107. The second-order valence-electron chi connectivity index (χ2n) is 15.1. The van der Waals surface area contributed by atoms with Crippen LogP contribution in [0.1, 0.15) is 79.2 Å². The summed E-state index contributed by atoms with van der Waals surface area (Å²) >= 11 is 0. The zero-order chi connectivity index (χ0) is 39.0. The SMILES string of the molecule is C=CCN(CC1OC(c2ccc(-c3cccc(CN4C(=O)CC(NC(=O)OCc5ccccc5)C4=O)c3)cc2)OC(c2ccc(CO)cc2)C1C)C1CCCC1. The molecule has 3 aliphatic rings. The molecule has 0 radical (unpaired) electrons. The molecular formula is C46H51N3O7. The molecule has 2 heterocycles. The molecular weight excluding hydrogens is 707 g/mol. The zero-order valence-corrected chi connectivity index (χ0v) is 31.9. The number of alkyl carbamates (subject to hydrolysis) is 1. The molecule has 292 valence electrons. The molecule has 1 saturated carbocycles. The van der Waals surface area contributed by atoms with Crippen molar-refractivity contribution in [2.24, 2.45) is 5.92 Å². The van der Waals surface area contributed by atoms with E-state index in [1.54, 1.807) is 0 Å². The predicted molar refractivity (Wildman–Crippen MR) is 213 cm³/mol. The summed E-state index contributed by atoms with van der Waals surface area (Å²) in [4.78, 5) is 42.3. The van der Waals surface area contributed by atoms with Crippen LogP contribution in [-0.4, -0.2) is 64.1 Å². The number of benzene rings is 4. The Labute approximate surface area is 329 Å². The largest absolute Gasteiger partial charge is 0.445 e. The van der Waals surface area contributed by atoms with Crippen molar-refractivity contribution >= 4 is 17.9 Å². The average Bonchev–Trinajstić information content (AvgIpc) is 3.86. The minimum Gasteiger partial charge on any atom is -0.445 e. The van der Waals surface area contributed by atoms with Gasteiger partial charge >= 0.3 is 6.09 Å². The predicted octanol–water partition coefficient (Wildman–Crippen LogP) is 7.62. The third kappa shape index (κ3) is 9.28. The van der Waals surface area contributed by atoms with Crippen LogP contribution in [0.25, 0.3) is 11.1 Å². The van der Waals surface area contributed by atoms with Gasteiger partial charge in [-0.05, 0) is 52.3 Å². The van der Waals surface area contributed by atoms with Gasteiger partial charge < -0.3 is 24.6 Å². The monoisotopic (exact) mass is 757 g/mol. The molecule has 4 aromatic carbocycles. The number of imide groups is 1. The van der Waals surface area contributed by atoms with Gasteiger partial charge in [0.25, 0.3) is 5.91 Å². The molecule has 2 aliphatic heterocycles. The van der Waals surface area contributed by atoms with Crippen molar-refractivity contribution in [1.29, 1.82) is 0 Å². The number of amides is 3. The van der Waals surface area contributed by atoms with Crippen molar-refractivity contribution in [1.82, 2.24) is 15.1 Å². The summed E-state index contributed by atoms with van der Waals surface area (Å²) in [7, 11) is 0. The molecule has 10 heteroatoms. The van der Waals surface area contributed by atoms with Gasteiger partial charge in [0.2, 0.25) is 5.91 Å². The number of aliphatic hydroxyl groups is 1. The van der Waals surface area contributed by atoms with E-state index < -0.39 is 24.3 Å². The lowest BCUT2D eigenvalue weighted by atomic mass is 9.89. The summed E-state index contributed by atoms with van der Waals surface area (Å²) in [6, 6.07) is 32.7. The van der Waals surface area contributed by atoms with Gasteiger partial charge in [-0.2, -0.15) is 0 Å². The molecule has 4 aromatic rings. The maximum atomic E-state index is 13.2. The maximum Gasteiger partial charge on any atom is 0.408 e. The number of nitrogens with zero attached hydrogens (tertiary/aromatic N) is 2. The number of nitrogens with one attached hydrogen (secondary N) is 1. The Hall–Kier alpha value is -5.13. The molecule has 1 aliphatic carbocycles. The van der Waals surface area contributed by atoms with Gasteiger partial charge in [0.05, 0.1) is 31.8 Å². The van der Waals surface area contributed by atoms with Gasteiger partial charge in [0.1, 0.15) is 12.6 Å². The fraction of sp³-hybridized carbons (Fsp3) is 0.370. The van der Waals surface area contributed by atoms with Crippen LogP contribution < -0.4 is 5.32 Å². The number of ether oxygens (including phenoxy) is 3. The van der Waals surface area contributed by atoms with E-state index in [1.807, 2.05) is 109 Å². The van der Waals surface area contributed by atoms with Crippen LogP contribution >= 0.6 is 0 Å². The van der Waals surface area contributed by atoms with E-state index in [-0.39, 0.29) is 50.2 Å². The third-order valence-electron chi connectivity index (χ3n) is 11.3. The summed E-state index contributed by atoms with van der Waals surface area (Å²) in [5.41, 5.74) is 6.33.